The fraction of sp³-hybridized carbons (Fsp3) is 0.160. The van der Waals surface area contributed by atoms with Crippen molar-refractivity contribution >= 4 is 12.1 Å². The number of nitrogens with zero attached hydrogens (tertiary/aromatic N) is 3. The summed E-state index contributed by atoms with van der Waals surface area (Å²) in [5, 5.41) is 9.31. The minimum atomic E-state index is -1.16. The van der Waals surface area contributed by atoms with Gasteiger partial charge in [0.25, 0.3) is 0 Å². The van der Waals surface area contributed by atoms with Crippen molar-refractivity contribution in [1.29, 1.82) is 0 Å². The number of carboxylic acid groups (broad SMARTS) is 1. The van der Waals surface area contributed by atoms with Crippen molar-refractivity contribution in [1.82, 2.24) is 14.9 Å². The van der Waals surface area contributed by atoms with Crippen LogP contribution >= 0.6 is 0 Å². The average Bonchev–Trinajstić information content (AvgIpc) is 3.85. The molecule has 0 bridgehead atoms. The third kappa shape index (κ3) is 12.9. The Hall–Kier alpha value is -8.22. The van der Waals surface area contributed by atoms with Crippen molar-refractivity contribution in [3.8, 4) is 69.6 Å². The standard InChI is InChI=1S/C30H26N2O7.C20H17NO2/c1-21-27(31-29(38-21)23-9-4-3-5-10-23)12-7-17-37-26-11-6-8-22(18-26)19-32(20-28(33)34)30(35)39-25-15-13-24(36-2)14-16-25;1-15-8-6-11-18(14-15)22-13-7-12-19-16(2)23-20(21-19)17-9-4-3-5-10-17/h3-6,8-11,13-16,18H,17,19-20H2,1-2H3,(H,33,34);3-6,8-11,14H,13H2,1-2H3. The highest BCUT2D eigenvalue weighted by molar-refractivity contribution is 5.78. The summed E-state index contributed by atoms with van der Waals surface area (Å²) in [7, 11) is 1.53. The van der Waals surface area contributed by atoms with E-state index >= 15 is 0 Å². The first-order valence-electron chi connectivity index (χ1n) is 19.4. The highest BCUT2D eigenvalue weighted by Crippen LogP contribution is 2.23. The first kappa shape index (κ1) is 43.4. The van der Waals surface area contributed by atoms with E-state index in [1.165, 1.54) is 7.11 Å². The molecule has 0 aliphatic carbocycles. The van der Waals surface area contributed by atoms with Gasteiger partial charge in [-0.3, -0.25) is 9.69 Å². The van der Waals surface area contributed by atoms with Gasteiger partial charge in [-0.2, -0.15) is 0 Å². The summed E-state index contributed by atoms with van der Waals surface area (Å²) < 4.78 is 33.2. The van der Waals surface area contributed by atoms with E-state index in [4.69, 9.17) is 27.8 Å². The van der Waals surface area contributed by atoms with E-state index < -0.39 is 18.6 Å². The van der Waals surface area contributed by atoms with Crippen molar-refractivity contribution in [2.24, 2.45) is 0 Å². The number of carboxylic acids is 1. The van der Waals surface area contributed by atoms with Crippen LogP contribution in [-0.2, 0) is 11.3 Å². The van der Waals surface area contributed by atoms with Crippen LogP contribution in [0, 0.1) is 44.5 Å². The molecule has 0 saturated carbocycles. The van der Waals surface area contributed by atoms with Gasteiger partial charge in [0.1, 0.15) is 54.3 Å². The van der Waals surface area contributed by atoms with E-state index in [9.17, 15) is 14.7 Å². The number of carbonyl (C=O) groups is 2. The molecule has 0 fully saturated rings. The van der Waals surface area contributed by atoms with Crippen LogP contribution in [-0.4, -0.2) is 58.9 Å². The van der Waals surface area contributed by atoms with Crippen molar-refractivity contribution in [2.75, 3.05) is 26.9 Å². The zero-order valence-electron chi connectivity index (χ0n) is 34.6. The maximum atomic E-state index is 12.7. The van der Waals surface area contributed by atoms with E-state index in [0.717, 1.165) is 27.3 Å². The zero-order valence-corrected chi connectivity index (χ0v) is 34.6. The summed E-state index contributed by atoms with van der Waals surface area (Å²) in [6, 6.07) is 40.6. The smallest absolute Gasteiger partial charge is 0.416 e. The number of hydrogen-bond donors (Lipinski definition) is 1. The lowest BCUT2D eigenvalue weighted by Crippen LogP contribution is -2.37. The van der Waals surface area contributed by atoms with Crippen molar-refractivity contribution in [2.45, 2.75) is 27.3 Å². The normalized spacial score (nSPS) is 10.1. The summed E-state index contributed by atoms with van der Waals surface area (Å²) >= 11 is 0. The van der Waals surface area contributed by atoms with Gasteiger partial charge in [-0.1, -0.05) is 72.5 Å². The molecular weight excluding hydrogens is 787 g/mol. The first-order chi connectivity index (χ1) is 30.1. The van der Waals surface area contributed by atoms with Gasteiger partial charge in [-0.05, 0) is 117 Å². The highest BCUT2D eigenvalue weighted by Gasteiger charge is 2.20. The number of oxazole rings is 2. The van der Waals surface area contributed by atoms with Gasteiger partial charge in [-0.25, -0.2) is 14.8 Å². The lowest BCUT2D eigenvalue weighted by Gasteiger charge is -2.20. The van der Waals surface area contributed by atoms with Crippen molar-refractivity contribution in [3.63, 3.8) is 0 Å². The summed E-state index contributed by atoms with van der Waals surface area (Å²) in [4.78, 5) is 34.1. The summed E-state index contributed by atoms with van der Waals surface area (Å²) in [6.45, 7) is 5.58. The first-order valence-corrected chi connectivity index (χ1v) is 19.4. The maximum Gasteiger partial charge on any atom is 0.416 e. The minimum Gasteiger partial charge on any atom is -0.497 e. The second kappa shape index (κ2) is 21.7. The molecule has 62 heavy (non-hydrogen) atoms. The molecule has 0 atom stereocenters. The Morgan fingerprint density at radius 3 is 1.66 bits per heavy atom. The Labute approximate surface area is 359 Å². The number of methoxy groups -OCH3 is 1. The molecule has 12 nitrogen and oxygen atoms in total. The number of aryl methyl sites for hydroxylation is 3. The second-order valence-electron chi connectivity index (χ2n) is 13.5. The molecule has 0 saturated heterocycles. The molecule has 0 aliphatic heterocycles. The molecule has 5 aromatic carbocycles. The number of rotatable bonds is 12. The topological polar surface area (TPSA) is 147 Å². The molecular formula is C50H43N3O9. The number of benzene rings is 5. The van der Waals surface area contributed by atoms with Gasteiger partial charge in [0, 0.05) is 17.7 Å². The summed E-state index contributed by atoms with van der Waals surface area (Å²) in [5.74, 6) is 15.3. The monoisotopic (exact) mass is 829 g/mol. The van der Waals surface area contributed by atoms with Crippen molar-refractivity contribution in [3.05, 3.63) is 167 Å². The fourth-order valence-corrected chi connectivity index (χ4v) is 5.73. The Morgan fingerprint density at radius 2 is 1.15 bits per heavy atom. The van der Waals surface area contributed by atoms with Crippen LogP contribution in [0.15, 0.2) is 142 Å². The van der Waals surface area contributed by atoms with E-state index in [2.05, 4.69) is 33.6 Å². The van der Waals surface area contributed by atoms with Crippen LogP contribution < -0.4 is 18.9 Å². The SMILES string of the molecule is COc1ccc(OC(=O)N(CC(=O)O)Cc2cccc(OCC#Cc3nc(-c4ccccc4)oc3C)c2)cc1.Cc1cccc(OCC#Cc2nc(-c3ccccc3)oc2C)c1. The molecule has 312 valence electrons. The molecule has 12 heteroatoms. The summed E-state index contributed by atoms with van der Waals surface area (Å²) in [5.41, 5.74) is 4.82. The Kier molecular flexibility index (Phi) is 15.2. The maximum absolute atomic E-state index is 12.7. The molecule has 0 unspecified atom stereocenters. The molecule has 0 spiro atoms. The quantitative estimate of drug-likeness (QED) is 0.118. The van der Waals surface area contributed by atoms with Gasteiger partial charge < -0.3 is 32.9 Å². The third-order valence-electron chi connectivity index (χ3n) is 8.78. The van der Waals surface area contributed by atoms with Crippen LogP contribution in [0.3, 0.4) is 0 Å². The Bertz CT molecular complexity index is 2700. The van der Waals surface area contributed by atoms with E-state index in [-0.39, 0.29) is 18.9 Å². The van der Waals surface area contributed by atoms with Gasteiger partial charge in [0.05, 0.1) is 7.11 Å². The molecule has 0 aliphatic rings. The number of hydrogen-bond acceptors (Lipinski definition) is 10. The molecule has 2 aromatic heterocycles. The number of amides is 1. The lowest BCUT2D eigenvalue weighted by molar-refractivity contribution is -0.138. The van der Waals surface area contributed by atoms with E-state index in [0.29, 0.717) is 58.4 Å². The lowest BCUT2D eigenvalue weighted by atomic mass is 10.2. The molecule has 2 heterocycles. The average molecular weight is 830 g/mol. The van der Waals surface area contributed by atoms with E-state index in [1.54, 1.807) is 55.5 Å². The van der Waals surface area contributed by atoms with Gasteiger partial charge in [0.2, 0.25) is 11.8 Å². The predicted molar refractivity (Wildman–Crippen MR) is 233 cm³/mol. The summed E-state index contributed by atoms with van der Waals surface area (Å²) in [6.07, 6.45) is -0.794. The van der Waals surface area contributed by atoms with Crippen LogP contribution in [0.2, 0.25) is 0 Å². The zero-order chi connectivity index (χ0) is 43.7. The van der Waals surface area contributed by atoms with Gasteiger partial charge in [-0.15, -0.1) is 0 Å². The third-order valence-corrected chi connectivity index (χ3v) is 8.78. The molecule has 1 amide bonds. The van der Waals surface area contributed by atoms with Crippen LogP contribution in [0.5, 0.6) is 23.0 Å². The molecule has 7 rings (SSSR count). The van der Waals surface area contributed by atoms with E-state index in [1.807, 2.05) is 98.8 Å². The van der Waals surface area contributed by atoms with Crippen molar-refractivity contribution < 1.29 is 42.5 Å². The molecule has 7 aromatic rings. The number of carbonyl (C=O) groups excluding carboxylic acids is 1. The number of ether oxygens (including phenoxy) is 4. The number of aliphatic carboxylic acids is 1. The number of aromatic nitrogens is 2. The minimum absolute atomic E-state index is 0.00453. The molecule has 1 N–H and O–H groups in total. The second-order valence-corrected chi connectivity index (χ2v) is 13.5. The predicted octanol–water partition coefficient (Wildman–Crippen LogP) is 9.56. The highest BCUT2D eigenvalue weighted by atomic mass is 16.6. The molecule has 0 radical (unpaired) electrons. The van der Waals surface area contributed by atoms with Crippen LogP contribution in [0.1, 0.15) is 34.0 Å². The largest absolute Gasteiger partial charge is 0.497 e. The fourth-order valence-electron chi connectivity index (χ4n) is 5.73. The Balaban J connectivity index is 0.000000236. The van der Waals surface area contributed by atoms with Crippen LogP contribution in [0.25, 0.3) is 22.9 Å². The Morgan fingerprint density at radius 1 is 0.629 bits per heavy atom. The van der Waals surface area contributed by atoms with Crippen LogP contribution in [0.4, 0.5) is 4.79 Å². The van der Waals surface area contributed by atoms with Gasteiger partial charge in [0.15, 0.2) is 11.4 Å². The van der Waals surface area contributed by atoms with Gasteiger partial charge >= 0.3 is 12.1 Å².